The molecule has 0 saturated carbocycles. The van der Waals surface area contributed by atoms with E-state index in [-0.39, 0.29) is 58.3 Å². The van der Waals surface area contributed by atoms with Gasteiger partial charge in [0.25, 0.3) is 5.91 Å². The SMILES string of the molecule is CC(C)=CCCC(C)CCCC1(C)OC1CN1C(=O)c2cccc(O)c2Nc2c(O)cc(O)cc21. The van der Waals surface area contributed by atoms with Crippen LogP contribution >= 0.6 is 0 Å². The third kappa shape index (κ3) is 5.40. The van der Waals surface area contributed by atoms with Gasteiger partial charge in [0.1, 0.15) is 29.0 Å². The lowest BCUT2D eigenvalue weighted by Gasteiger charge is -2.23. The van der Waals surface area contributed by atoms with Gasteiger partial charge >= 0.3 is 0 Å². The zero-order valence-corrected chi connectivity index (χ0v) is 21.0. The van der Waals surface area contributed by atoms with Gasteiger partial charge in [-0.2, -0.15) is 0 Å². The van der Waals surface area contributed by atoms with Crippen LogP contribution in [0.2, 0.25) is 0 Å². The van der Waals surface area contributed by atoms with Crippen molar-refractivity contribution in [2.24, 2.45) is 5.92 Å². The first-order valence-corrected chi connectivity index (χ1v) is 12.4. The van der Waals surface area contributed by atoms with E-state index >= 15 is 0 Å². The van der Waals surface area contributed by atoms with Gasteiger partial charge in [-0.3, -0.25) is 4.79 Å². The standard InChI is InChI=1S/C28H36N2O5/c1-17(2)8-5-9-18(3)10-7-13-28(4)24(35-28)16-30-21-14-19(31)15-23(33)26(21)29-25-20(27(30)34)11-6-12-22(25)32/h6,8,11-12,14-15,18,24,29,31-33H,5,7,9-10,13,16H2,1-4H3. The number of carbonyl (C=O) groups excluding carboxylic acids is 1. The van der Waals surface area contributed by atoms with E-state index in [0.29, 0.717) is 11.6 Å². The van der Waals surface area contributed by atoms with Crippen LogP contribution in [0.5, 0.6) is 17.2 Å². The fraction of sp³-hybridized carbons (Fsp3) is 0.464. The highest BCUT2D eigenvalue weighted by molar-refractivity contribution is 6.15. The first kappa shape index (κ1) is 24.9. The number of amides is 1. The van der Waals surface area contributed by atoms with E-state index in [1.54, 1.807) is 12.1 Å². The maximum absolute atomic E-state index is 13.6. The first-order chi connectivity index (χ1) is 16.6. The van der Waals surface area contributed by atoms with Crippen LogP contribution in [0, 0.1) is 5.92 Å². The fourth-order valence-electron chi connectivity index (χ4n) is 4.86. The molecule has 0 aliphatic carbocycles. The number of benzene rings is 2. The molecule has 3 atom stereocenters. The number of fused-ring (bicyclic) bond motifs is 2. The van der Waals surface area contributed by atoms with Gasteiger partial charge in [0.05, 0.1) is 29.1 Å². The molecular weight excluding hydrogens is 444 g/mol. The van der Waals surface area contributed by atoms with Crippen molar-refractivity contribution < 1.29 is 24.9 Å². The molecule has 0 spiro atoms. The van der Waals surface area contributed by atoms with Crippen molar-refractivity contribution in [2.75, 3.05) is 16.8 Å². The molecule has 1 fully saturated rings. The molecule has 0 radical (unpaired) electrons. The van der Waals surface area contributed by atoms with Crippen LogP contribution in [0.15, 0.2) is 42.0 Å². The van der Waals surface area contributed by atoms with Crippen LogP contribution in [0.3, 0.4) is 0 Å². The van der Waals surface area contributed by atoms with Gasteiger partial charge in [0, 0.05) is 12.1 Å². The lowest BCUT2D eigenvalue weighted by atomic mass is 9.93. The van der Waals surface area contributed by atoms with E-state index in [4.69, 9.17) is 4.74 Å². The molecule has 4 N–H and O–H groups in total. The van der Waals surface area contributed by atoms with Crippen molar-refractivity contribution in [3.63, 3.8) is 0 Å². The van der Waals surface area contributed by atoms with Gasteiger partial charge in [-0.1, -0.05) is 37.5 Å². The highest BCUT2D eigenvalue weighted by Gasteiger charge is 2.53. The quantitative estimate of drug-likeness (QED) is 0.147. The molecule has 2 aliphatic rings. The predicted molar refractivity (Wildman–Crippen MR) is 138 cm³/mol. The van der Waals surface area contributed by atoms with Crippen LogP contribution in [-0.4, -0.2) is 39.5 Å². The minimum absolute atomic E-state index is 0.0951. The van der Waals surface area contributed by atoms with Gasteiger partial charge in [-0.05, 0) is 58.1 Å². The van der Waals surface area contributed by atoms with Gasteiger partial charge in [0.15, 0.2) is 0 Å². The number of anilines is 3. The van der Waals surface area contributed by atoms with E-state index in [1.807, 2.05) is 0 Å². The van der Waals surface area contributed by atoms with Crippen molar-refractivity contribution in [3.05, 3.63) is 47.5 Å². The number of carbonyl (C=O) groups is 1. The second kappa shape index (κ2) is 9.82. The number of hydrogen-bond acceptors (Lipinski definition) is 6. The van der Waals surface area contributed by atoms with Crippen LogP contribution in [0.4, 0.5) is 17.1 Å². The van der Waals surface area contributed by atoms with Crippen molar-refractivity contribution in [3.8, 4) is 17.2 Å². The molecular formula is C28H36N2O5. The maximum Gasteiger partial charge on any atom is 0.260 e. The van der Waals surface area contributed by atoms with E-state index < -0.39 is 0 Å². The normalized spacial score (nSPS) is 21.4. The van der Waals surface area contributed by atoms with Gasteiger partial charge in [-0.25, -0.2) is 0 Å². The minimum Gasteiger partial charge on any atom is -0.508 e. The number of allylic oxidation sites excluding steroid dienone is 2. The monoisotopic (exact) mass is 480 g/mol. The molecule has 7 heteroatoms. The molecule has 2 aromatic carbocycles. The molecule has 188 valence electrons. The Kier molecular flexibility index (Phi) is 6.99. The number of aromatic hydroxyl groups is 3. The Labute approximate surface area is 207 Å². The maximum atomic E-state index is 13.6. The van der Waals surface area contributed by atoms with Gasteiger partial charge in [0.2, 0.25) is 0 Å². The summed E-state index contributed by atoms with van der Waals surface area (Å²) < 4.78 is 6.08. The summed E-state index contributed by atoms with van der Waals surface area (Å²) in [7, 11) is 0. The Balaban J connectivity index is 1.47. The van der Waals surface area contributed by atoms with E-state index in [1.165, 1.54) is 35.1 Å². The summed E-state index contributed by atoms with van der Waals surface area (Å²) in [6, 6.07) is 7.36. The van der Waals surface area contributed by atoms with E-state index in [2.05, 4.69) is 39.1 Å². The van der Waals surface area contributed by atoms with Crippen LogP contribution in [-0.2, 0) is 4.74 Å². The summed E-state index contributed by atoms with van der Waals surface area (Å²) in [5.41, 5.74) is 2.15. The van der Waals surface area contributed by atoms with E-state index in [9.17, 15) is 20.1 Å². The number of para-hydroxylation sites is 1. The van der Waals surface area contributed by atoms with Crippen LogP contribution in [0.1, 0.15) is 70.2 Å². The number of nitrogens with zero attached hydrogens (tertiary/aromatic N) is 1. The minimum atomic E-state index is -0.335. The largest absolute Gasteiger partial charge is 0.508 e. The Bertz CT molecular complexity index is 1140. The summed E-state index contributed by atoms with van der Waals surface area (Å²) >= 11 is 0. The zero-order valence-electron chi connectivity index (χ0n) is 21.0. The Morgan fingerprint density at radius 3 is 2.69 bits per heavy atom. The lowest BCUT2D eigenvalue weighted by Crippen LogP contribution is -2.35. The average molecular weight is 481 g/mol. The molecule has 4 rings (SSSR count). The predicted octanol–water partition coefficient (Wildman–Crippen LogP) is 6.22. The summed E-state index contributed by atoms with van der Waals surface area (Å²) in [4.78, 5) is 15.1. The van der Waals surface area contributed by atoms with Crippen molar-refractivity contribution in [1.82, 2.24) is 0 Å². The second-order valence-corrected chi connectivity index (χ2v) is 10.4. The molecule has 3 unspecified atom stereocenters. The Hall–Kier alpha value is -3.19. The van der Waals surface area contributed by atoms with Crippen molar-refractivity contribution >= 4 is 23.0 Å². The number of phenols is 3. The van der Waals surface area contributed by atoms with E-state index in [0.717, 1.165) is 25.7 Å². The lowest BCUT2D eigenvalue weighted by molar-refractivity contribution is 0.0986. The molecule has 0 bridgehead atoms. The highest BCUT2D eigenvalue weighted by atomic mass is 16.6. The van der Waals surface area contributed by atoms with Crippen LogP contribution in [0.25, 0.3) is 0 Å². The number of hydrogen-bond donors (Lipinski definition) is 4. The highest BCUT2D eigenvalue weighted by Crippen LogP contribution is 2.48. The summed E-state index contributed by atoms with van der Waals surface area (Å²) in [5, 5.41) is 34.0. The zero-order chi connectivity index (χ0) is 25.3. The number of rotatable bonds is 9. The summed E-state index contributed by atoms with van der Waals surface area (Å²) in [5.74, 6) is -0.153. The molecule has 7 nitrogen and oxygen atoms in total. The van der Waals surface area contributed by atoms with Gasteiger partial charge in [-0.15, -0.1) is 0 Å². The number of ether oxygens (including phenoxy) is 1. The van der Waals surface area contributed by atoms with Crippen LogP contribution < -0.4 is 10.2 Å². The number of phenolic OH excluding ortho intramolecular Hbond substituents is 3. The molecule has 1 saturated heterocycles. The average Bonchev–Trinajstić information content (AvgIpc) is 3.44. The molecule has 2 heterocycles. The smallest absolute Gasteiger partial charge is 0.260 e. The molecule has 2 aromatic rings. The summed E-state index contributed by atoms with van der Waals surface area (Å²) in [6.45, 7) is 8.90. The Morgan fingerprint density at radius 2 is 1.94 bits per heavy atom. The second-order valence-electron chi connectivity index (χ2n) is 10.4. The summed E-state index contributed by atoms with van der Waals surface area (Å²) in [6.07, 6.45) is 7.50. The topological polar surface area (TPSA) is 106 Å². The third-order valence-corrected chi connectivity index (χ3v) is 7.11. The molecule has 0 aromatic heterocycles. The van der Waals surface area contributed by atoms with Gasteiger partial charge < -0.3 is 30.3 Å². The van der Waals surface area contributed by atoms with Crippen molar-refractivity contribution in [1.29, 1.82) is 0 Å². The molecule has 1 amide bonds. The van der Waals surface area contributed by atoms with Crippen molar-refractivity contribution in [2.45, 2.75) is 71.5 Å². The molecule has 2 aliphatic heterocycles. The fourth-order valence-corrected chi connectivity index (χ4v) is 4.86. The number of epoxide rings is 1. The first-order valence-electron chi connectivity index (χ1n) is 12.4. The third-order valence-electron chi connectivity index (χ3n) is 7.11. The number of nitrogens with one attached hydrogen (secondary N) is 1. The Morgan fingerprint density at radius 1 is 1.17 bits per heavy atom. The molecule has 35 heavy (non-hydrogen) atoms.